The molecule has 0 saturated carbocycles. The normalized spacial score (nSPS) is 23.3. The largest absolute Gasteiger partial charge is 0.497 e. The van der Waals surface area contributed by atoms with Crippen LogP contribution in [0, 0.1) is 0 Å². The number of carboxylic acids is 1. The van der Waals surface area contributed by atoms with Gasteiger partial charge in [-0.2, -0.15) is 11.8 Å². The number of rotatable bonds is 8. The van der Waals surface area contributed by atoms with E-state index in [9.17, 15) is 19.5 Å². The first-order valence-corrected chi connectivity index (χ1v) is 9.92. The number of fused-ring (bicyclic) bond motifs is 1. The fraction of sp³-hybridized carbons (Fsp3) is 0.500. The lowest BCUT2D eigenvalue weighted by Crippen LogP contribution is -2.36. The fourth-order valence-electron chi connectivity index (χ4n) is 3.42. The van der Waals surface area contributed by atoms with Crippen LogP contribution in [0.5, 0.6) is 5.75 Å². The number of carboxylic acid groups (broad SMARTS) is 1. The molecule has 1 aromatic rings. The van der Waals surface area contributed by atoms with E-state index in [1.54, 1.807) is 6.07 Å². The molecule has 3 rings (SSSR count). The van der Waals surface area contributed by atoms with Crippen LogP contribution in [0.15, 0.2) is 18.2 Å². The van der Waals surface area contributed by atoms with E-state index in [1.165, 1.54) is 19.2 Å². The predicted molar refractivity (Wildman–Crippen MR) is 103 cm³/mol. The second-order valence-corrected chi connectivity index (χ2v) is 7.90. The molecule has 2 aliphatic rings. The number of urea groups is 1. The Labute approximate surface area is 161 Å². The number of nitrogens with one attached hydrogen (secondary N) is 3. The zero-order valence-corrected chi connectivity index (χ0v) is 15.8. The van der Waals surface area contributed by atoms with Gasteiger partial charge < -0.3 is 25.8 Å². The van der Waals surface area contributed by atoms with Gasteiger partial charge in [0.25, 0.3) is 0 Å². The zero-order valence-electron chi connectivity index (χ0n) is 15.0. The number of ether oxygens (including phenoxy) is 1. The summed E-state index contributed by atoms with van der Waals surface area (Å²) in [6, 6.07) is 4.82. The molecule has 3 amide bonds. The highest BCUT2D eigenvalue weighted by Gasteiger charge is 2.42. The first kappa shape index (κ1) is 19.3. The molecular formula is C18H23N3O5S. The molecule has 2 fully saturated rings. The molecule has 27 heavy (non-hydrogen) atoms. The molecule has 0 unspecified atom stereocenters. The predicted octanol–water partition coefficient (Wildman–Crippen LogP) is 2.06. The van der Waals surface area contributed by atoms with Gasteiger partial charge in [-0.3, -0.25) is 4.79 Å². The molecule has 0 spiro atoms. The van der Waals surface area contributed by atoms with Gasteiger partial charge in [-0.1, -0.05) is 6.42 Å². The van der Waals surface area contributed by atoms with E-state index in [-0.39, 0.29) is 35.3 Å². The Bertz CT molecular complexity index is 742. The third-order valence-corrected chi connectivity index (χ3v) is 6.32. The first-order valence-electron chi connectivity index (χ1n) is 8.87. The van der Waals surface area contributed by atoms with E-state index in [0.717, 1.165) is 18.6 Å². The van der Waals surface area contributed by atoms with E-state index < -0.39 is 5.97 Å². The van der Waals surface area contributed by atoms with Crippen molar-refractivity contribution in [3.8, 4) is 5.75 Å². The number of thioether (sulfide) groups is 1. The highest BCUT2D eigenvalue weighted by atomic mass is 32.2. The summed E-state index contributed by atoms with van der Waals surface area (Å²) in [6.07, 6.45) is 2.84. The molecule has 4 N–H and O–H groups in total. The second-order valence-electron chi connectivity index (χ2n) is 6.63. The SMILES string of the molecule is COc1ccc(NC(=O)CCCC[C@@H]2SC[C@@H]3NC(=O)N[C@@H]32)c(C(=O)O)c1. The molecule has 1 aromatic carbocycles. The second kappa shape index (κ2) is 8.51. The summed E-state index contributed by atoms with van der Waals surface area (Å²) in [5, 5.41) is 18.2. The molecule has 0 bridgehead atoms. The van der Waals surface area contributed by atoms with Crippen molar-refractivity contribution in [3.63, 3.8) is 0 Å². The van der Waals surface area contributed by atoms with Gasteiger partial charge in [-0.05, 0) is 31.0 Å². The van der Waals surface area contributed by atoms with Crippen LogP contribution in [0.3, 0.4) is 0 Å². The molecule has 2 saturated heterocycles. The summed E-state index contributed by atoms with van der Waals surface area (Å²) < 4.78 is 5.02. The van der Waals surface area contributed by atoms with Crippen LogP contribution in [0.25, 0.3) is 0 Å². The van der Waals surface area contributed by atoms with Gasteiger partial charge in [-0.25, -0.2) is 9.59 Å². The number of aromatic carboxylic acids is 1. The Kier molecular flexibility index (Phi) is 6.10. The number of anilines is 1. The summed E-state index contributed by atoms with van der Waals surface area (Å²) in [7, 11) is 1.46. The quantitative estimate of drug-likeness (QED) is 0.397. The van der Waals surface area contributed by atoms with Crippen LogP contribution in [0.4, 0.5) is 10.5 Å². The van der Waals surface area contributed by atoms with Crippen LogP contribution in [-0.2, 0) is 4.79 Å². The number of benzene rings is 1. The van der Waals surface area contributed by atoms with Crippen molar-refractivity contribution in [3.05, 3.63) is 23.8 Å². The van der Waals surface area contributed by atoms with E-state index in [1.807, 2.05) is 11.8 Å². The number of hydrogen-bond acceptors (Lipinski definition) is 5. The molecule has 9 heteroatoms. The Hall–Kier alpha value is -2.42. The number of unbranched alkanes of at least 4 members (excludes halogenated alkanes) is 1. The minimum atomic E-state index is -1.12. The fourth-order valence-corrected chi connectivity index (χ4v) is 4.97. The molecular weight excluding hydrogens is 370 g/mol. The molecule has 8 nitrogen and oxygen atoms in total. The topological polar surface area (TPSA) is 117 Å². The summed E-state index contributed by atoms with van der Waals surface area (Å²) in [6.45, 7) is 0. The van der Waals surface area contributed by atoms with E-state index in [4.69, 9.17) is 4.74 Å². The standard InChI is InChI=1S/C18H23N3O5S/c1-26-10-6-7-12(11(8-10)17(23)24)19-15(22)5-3-2-4-14-16-13(9-27-14)20-18(25)21-16/h6-8,13-14,16H,2-5,9H2,1H3,(H,19,22)(H,23,24)(H2,20,21,25)/t13-,14-,16-/m0/s1. The minimum Gasteiger partial charge on any atom is -0.497 e. The lowest BCUT2D eigenvalue weighted by atomic mass is 10.0. The van der Waals surface area contributed by atoms with Crippen LogP contribution >= 0.6 is 11.8 Å². The van der Waals surface area contributed by atoms with E-state index in [2.05, 4.69) is 16.0 Å². The van der Waals surface area contributed by atoms with Gasteiger partial charge in [0.05, 0.1) is 30.4 Å². The number of methoxy groups -OCH3 is 1. The van der Waals surface area contributed by atoms with Crippen molar-refractivity contribution in [2.24, 2.45) is 0 Å². The summed E-state index contributed by atoms with van der Waals surface area (Å²) in [5.41, 5.74) is 0.266. The highest BCUT2D eigenvalue weighted by Crippen LogP contribution is 2.33. The molecule has 0 aliphatic carbocycles. The van der Waals surface area contributed by atoms with E-state index in [0.29, 0.717) is 23.8 Å². The lowest BCUT2D eigenvalue weighted by molar-refractivity contribution is -0.116. The number of amides is 3. The van der Waals surface area contributed by atoms with Crippen molar-refractivity contribution in [2.45, 2.75) is 43.0 Å². The average Bonchev–Trinajstić information content (AvgIpc) is 3.18. The van der Waals surface area contributed by atoms with E-state index >= 15 is 0 Å². The van der Waals surface area contributed by atoms with Gasteiger partial charge in [-0.15, -0.1) is 0 Å². The Morgan fingerprint density at radius 2 is 2.15 bits per heavy atom. The van der Waals surface area contributed by atoms with Crippen molar-refractivity contribution < 1.29 is 24.2 Å². The molecule has 2 heterocycles. The number of carbonyl (C=O) groups is 3. The van der Waals surface area contributed by atoms with Crippen LogP contribution < -0.4 is 20.7 Å². The maximum atomic E-state index is 12.2. The number of carbonyl (C=O) groups excluding carboxylic acids is 2. The van der Waals surface area contributed by atoms with Gasteiger partial charge in [0.1, 0.15) is 5.75 Å². The minimum absolute atomic E-state index is 0.000530. The van der Waals surface area contributed by atoms with Crippen molar-refractivity contribution in [1.29, 1.82) is 0 Å². The molecule has 0 radical (unpaired) electrons. The third kappa shape index (κ3) is 4.65. The van der Waals surface area contributed by atoms with Crippen LogP contribution in [-0.4, -0.2) is 53.2 Å². The Balaban J connectivity index is 1.44. The van der Waals surface area contributed by atoms with Crippen LogP contribution in [0.2, 0.25) is 0 Å². The maximum absolute atomic E-state index is 12.2. The van der Waals surface area contributed by atoms with Gasteiger partial charge >= 0.3 is 12.0 Å². The monoisotopic (exact) mass is 393 g/mol. The smallest absolute Gasteiger partial charge is 0.337 e. The summed E-state index contributed by atoms with van der Waals surface area (Å²) >= 11 is 1.85. The molecule has 146 valence electrons. The maximum Gasteiger partial charge on any atom is 0.337 e. The van der Waals surface area contributed by atoms with Crippen LogP contribution in [0.1, 0.15) is 36.0 Å². The lowest BCUT2D eigenvalue weighted by Gasteiger charge is -2.16. The number of hydrogen-bond donors (Lipinski definition) is 4. The van der Waals surface area contributed by atoms with Crippen molar-refractivity contribution >= 4 is 35.4 Å². The Morgan fingerprint density at radius 3 is 2.89 bits per heavy atom. The summed E-state index contributed by atoms with van der Waals surface area (Å²) in [5.74, 6) is 0.00947. The molecule has 2 aliphatic heterocycles. The van der Waals surface area contributed by atoms with Crippen molar-refractivity contribution in [1.82, 2.24) is 10.6 Å². The average molecular weight is 393 g/mol. The molecule has 3 atom stereocenters. The third-order valence-electron chi connectivity index (χ3n) is 4.81. The molecule has 0 aromatic heterocycles. The first-order chi connectivity index (χ1) is 13.0. The van der Waals surface area contributed by atoms with Gasteiger partial charge in [0.2, 0.25) is 5.91 Å². The Morgan fingerprint density at radius 1 is 1.33 bits per heavy atom. The van der Waals surface area contributed by atoms with Gasteiger partial charge in [0.15, 0.2) is 0 Å². The zero-order chi connectivity index (χ0) is 19.4. The van der Waals surface area contributed by atoms with Gasteiger partial charge in [0, 0.05) is 17.4 Å². The van der Waals surface area contributed by atoms with Crippen molar-refractivity contribution in [2.75, 3.05) is 18.2 Å². The summed E-state index contributed by atoms with van der Waals surface area (Å²) in [4.78, 5) is 34.9. The highest BCUT2D eigenvalue weighted by molar-refractivity contribution is 8.00.